The molecule has 1 atom stereocenters. The Morgan fingerprint density at radius 2 is 2.35 bits per heavy atom. The van der Waals surface area contributed by atoms with Gasteiger partial charge in [-0.2, -0.15) is 0 Å². The fraction of sp³-hybridized carbons (Fsp3) is 0.588. The lowest BCUT2D eigenvalue weighted by Crippen LogP contribution is -2.43. The molecular weight excluding hydrogens is 297 g/mol. The predicted octanol–water partition coefficient (Wildman–Crippen LogP) is 1.51. The first-order valence-electron chi connectivity index (χ1n) is 8.25. The van der Waals surface area contributed by atoms with Crippen molar-refractivity contribution in [3.63, 3.8) is 0 Å². The summed E-state index contributed by atoms with van der Waals surface area (Å²) in [4.78, 5) is 14.3. The van der Waals surface area contributed by atoms with Crippen LogP contribution in [0.1, 0.15) is 25.3 Å². The van der Waals surface area contributed by atoms with Crippen molar-refractivity contribution >= 4 is 5.91 Å². The van der Waals surface area contributed by atoms with Crippen molar-refractivity contribution in [3.8, 4) is 5.75 Å². The summed E-state index contributed by atoms with van der Waals surface area (Å²) in [5.74, 6) is 0.00778. The Hall–Kier alpha value is -1.66. The van der Waals surface area contributed by atoms with Gasteiger partial charge >= 0.3 is 0 Å². The van der Waals surface area contributed by atoms with Crippen LogP contribution in [0.25, 0.3) is 0 Å². The molecule has 0 aliphatic carbocycles. The number of piperidine rings is 1. The molecule has 1 saturated heterocycles. The van der Waals surface area contributed by atoms with Gasteiger partial charge in [-0.15, -0.1) is 0 Å². The van der Waals surface area contributed by atoms with E-state index < -0.39 is 0 Å². The number of rotatable bonds is 7. The smallest absolute Gasteiger partial charge is 0.224 e. The lowest BCUT2D eigenvalue weighted by Gasteiger charge is -2.32. The van der Waals surface area contributed by atoms with Crippen LogP contribution in [0.2, 0.25) is 0 Å². The average molecular weight is 323 g/mol. The van der Waals surface area contributed by atoms with E-state index in [9.17, 15) is 9.18 Å². The SMILES string of the molecule is CCOc1ccc(CN2CCCC(C(=O)NCCN)C2)cc1F. The van der Waals surface area contributed by atoms with E-state index >= 15 is 0 Å². The number of nitrogens with one attached hydrogen (secondary N) is 1. The number of likely N-dealkylation sites (tertiary alicyclic amines) is 1. The highest BCUT2D eigenvalue weighted by molar-refractivity contribution is 5.78. The number of carbonyl (C=O) groups excluding carboxylic acids is 1. The molecule has 0 aromatic heterocycles. The second-order valence-corrected chi connectivity index (χ2v) is 5.85. The molecule has 1 unspecified atom stereocenters. The summed E-state index contributed by atoms with van der Waals surface area (Å²) in [6.45, 7) is 5.51. The van der Waals surface area contributed by atoms with Gasteiger partial charge in [0, 0.05) is 26.2 Å². The Bertz CT molecular complexity index is 525. The molecule has 1 aromatic carbocycles. The molecule has 1 heterocycles. The summed E-state index contributed by atoms with van der Waals surface area (Å²) < 4.78 is 19.1. The monoisotopic (exact) mass is 323 g/mol. The van der Waals surface area contributed by atoms with E-state index in [1.165, 1.54) is 6.07 Å². The van der Waals surface area contributed by atoms with Crippen LogP contribution < -0.4 is 15.8 Å². The number of nitrogens with zero attached hydrogens (tertiary/aromatic N) is 1. The fourth-order valence-electron chi connectivity index (χ4n) is 2.93. The topological polar surface area (TPSA) is 67.6 Å². The third kappa shape index (κ3) is 5.18. The molecule has 1 aliphatic rings. The predicted molar refractivity (Wildman–Crippen MR) is 87.6 cm³/mol. The molecule has 0 saturated carbocycles. The highest BCUT2D eigenvalue weighted by Gasteiger charge is 2.25. The number of hydrogen-bond donors (Lipinski definition) is 2. The van der Waals surface area contributed by atoms with Crippen LogP contribution in [0.3, 0.4) is 0 Å². The van der Waals surface area contributed by atoms with Gasteiger partial charge in [-0.05, 0) is 44.0 Å². The van der Waals surface area contributed by atoms with E-state index in [2.05, 4.69) is 10.2 Å². The molecule has 0 bridgehead atoms. The minimum Gasteiger partial charge on any atom is -0.491 e. The van der Waals surface area contributed by atoms with Crippen molar-refractivity contribution in [2.24, 2.45) is 11.7 Å². The summed E-state index contributed by atoms with van der Waals surface area (Å²) in [6.07, 6.45) is 1.87. The zero-order chi connectivity index (χ0) is 16.7. The summed E-state index contributed by atoms with van der Waals surface area (Å²) in [6, 6.07) is 5.07. The van der Waals surface area contributed by atoms with Gasteiger partial charge in [0.05, 0.1) is 12.5 Å². The summed E-state index contributed by atoms with van der Waals surface area (Å²) >= 11 is 0. The quantitative estimate of drug-likeness (QED) is 0.798. The Labute approximate surface area is 137 Å². The third-order valence-electron chi connectivity index (χ3n) is 4.02. The molecule has 3 N–H and O–H groups in total. The lowest BCUT2D eigenvalue weighted by atomic mass is 9.96. The van der Waals surface area contributed by atoms with E-state index in [0.29, 0.717) is 32.8 Å². The molecule has 1 fully saturated rings. The molecular formula is C17H26FN3O2. The minimum atomic E-state index is -0.335. The second kappa shape index (κ2) is 8.84. The normalized spacial score (nSPS) is 18.7. The molecule has 0 spiro atoms. The largest absolute Gasteiger partial charge is 0.491 e. The van der Waals surface area contributed by atoms with E-state index in [4.69, 9.17) is 10.5 Å². The van der Waals surface area contributed by atoms with Crippen molar-refractivity contribution in [2.45, 2.75) is 26.3 Å². The Morgan fingerprint density at radius 3 is 3.04 bits per heavy atom. The first-order valence-corrected chi connectivity index (χ1v) is 8.25. The zero-order valence-corrected chi connectivity index (χ0v) is 13.7. The maximum absolute atomic E-state index is 13.9. The van der Waals surface area contributed by atoms with Gasteiger partial charge in [0.1, 0.15) is 0 Å². The Morgan fingerprint density at radius 1 is 1.52 bits per heavy atom. The number of carbonyl (C=O) groups is 1. The Kier molecular flexibility index (Phi) is 6.80. The van der Waals surface area contributed by atoms with Gasteiger partial charge in [-0.3, -0.25) is 9.69 Å². The van der Waals surface area contributed by atoms with E-state index in [0.717, 1.165) is 24.9 Å². The van der Waals surface area contributed by atoms with E-state index in [1.54, 1.807) is 6.07 Å². The average Bonchev–Trinajstić information content (AvgIpc) is 2.55. The molecule has 128 valence electrons. The maximum Gasteiger partial charge on any atom is 0.224 e. The fourth-order valence-corrected chi connectivity index (χ4v) is 2.93. The van der Waals surface area contributed by atoms with Crippen molar-refractivity contribution < 1.29 is 13.9 Å². The molecule has 1 aromatic rings. The van der Waals surface area contributed by atoms with Gasteiger partial charge in [0.2, 0.25) is 5.91 Å². The molecule has 2 rings (SSSR count). The number of amides is 1. The summed E-state index contributed by atoms with van der Waals surface area (Å²) in [7, 11) is 0. The molecule has 0 radical (unpaired) electrons. The first-order chi connectivity index (χ1) is 11.1. The van der Waals surface area contributed by atoms with Gasteiger partial charge in [-0.25, -0.2) is 4.39 Å². The van der Waals surface area contributed by atoms with Crippen LogP contribution in [0.15, 0.2) is 18.2 Å². The van der Waals surface area contributed by atoms with Crippen molar-refractivity contribution in [3.05, 3.63) is 29.6 Å². The van der Waals surface area contributed by atoms with Crippen molar-refractivity contribution in [1.29, 1.82) is 0 Å². The van der Waals surface area contributed by atoms with Gasteiger partial charge < -0.3 is 15.8 Å². The van der Waals surface area contributed by atoms with Crippen LogP contribution in [0.4, 0.5) is 4.39 Å². The summed E-state index contributed by atoms with van der Waals surface area (Å²) in [5.41, 5.74) is 6.31. The van der Waals surface area contributed by atoms with E-state index in [-0.39, 0.29) is 23.4 Å². The van der Waals surface area contributed by atoms with Crippen LogP contribution in [-0.2, 0) is 11.3 Å². The van der Waals surface area contributed by atoms with Crippen molar-refractivity contribution in [1.82, 2.24) is 10.2 Å². The molecule has 23 heavy (non-hydrogen) atoms. The zero-order valence-electron chi connectivity index (χ0n) is 13.7. The van der Waals surface area contributed by atoms with Crippen molar-refractivity contribution in [2.75, 3.05) is 32.8 Å². The lowest BCUT2D eigenvalue weighted by molar-refractivity contribution is -0.126. The first kappa shape index (κ1) is 17.7. The number of benzene rings is 1. The van der Waals surface area contributed by atoms with E-state index in [1.807, 2.05) is 13.0 Å². The molecule has 1 aliphatic heterocycles. The summed E-state index contributed by atoms with van der Waals surface area (Å²) in [5, 5.41) is 2.85. The molecule has 1 amide bonds. The highest BCUT2D eigenvalue weighted by Crippen LogP contribution is 2.22. The van der Waals surface area contributed by atoms with Crippen LogP contribution in [-0.4, -0.2) is 43.6 Å². The number of nitrogens with two attached hydrogens (primary N) is 1. The molecule has 6 heteroatoms. The van der Waals surface area contributed by atoms with Crippen LogP contribution >= 0.6 is 0 Å². The minimum absolute atomic E-state index is 0.0113. The standard InChI is InChI=1S/C17H26FN3O2/c1-2-23-16-6-5-13(10-15(16)18)11-21-9-3-4-14(12-21)17(22)20-8-7-19/h5-6,10,14H,2-4,7-9,11-12,19H2,1H3,(H,20,22). The number of hydrogen-bond acceptors (Lipinski definition) is 4. The van der Waals surface area contributed by atoms with Gasteiger partial charge in [-0.1, -0.05) is 6.07 Å². The third-order valence-corrected chi connectivity index (χ3v) is 4.02. The second-order valence-electron chi connectivity index (χ2n) is 5.85. The van der Waals surface area contributed by atoms with Gasteiger partial charge in [0.15, 0.2) is 11.6 Å². The highest BCUT2D eigenvalue weighted by atomic mass is 19.1. The Balaban J connectivity index is 1.92. The number of halogens is 1. The molecule has 5 nitrogen and oxygen atoms in total. The van der Waals surface area contributed by atoms with Crippen LogP contribution in [0.5, 0.6) is 5.75 Å². The number of ether oxygens (including phenoxy) is 1. The van der Waals surface area contributed by atoms with Crippen LogP contribution in [0, 0.1) is 11.7 Å². The maximum atomic E-state index is 13.9. The van der Waals surface area contributed by atoms with Gasteiger partial charge in [0.25, 0.3) is 0 Å².